The van der Waals surface area contributed by atoms with Gasteiger partial charge in [0.05, 0.1) is 18.2 Å². The van der Waals surface area contributed by atoms with Crippen molar-refractivity contribution in [2.24, 2.45) is 0 Å². The van der Waals surface area contributed by atoms with Crippen LogP contribution in [-0.4, -0.2) is 21.8 Å². The summed E-state index contributed by atoms with van der Waals surface area (Å²) in [5, 5.41) is 2.55. The first kappa shape index (κ1) is 20.6. The van der Waals surface area contributed by atoms with Crippen molar-refractivity contribution in [3.8, 4) is 5.75 Å². The molecular formula is C20H22F2N2O3S. The van der Waals surface area contributed by atoms with Gasteiger partial charge in [-0.25, -0.2) is 8.78 Å². The topological polar surface area (TPSA) is 73.4 Å². The SMILES string of the molecule is CC(C)(C)[S@+]([O-])NC1CCOc2c(C(=O)Nc3ccc(F)c(F)c3)cccc21. The molecule has 28 heavy (non-hydrogen) atoms. The van der Waals surface area contributed by atoms with Crippen LogP contribution in [0.1, 0.15) is 49.2 Å². The van der Waals surface area contributed by atoms with Crippen LogP contribution in [0, 0.1) is 11.6 Å². The van der Waals surface area contributed by atoms with Crippen LogP contribution in [0.2, 0.25) is 0 Å². The lowest BCUT2D eigenvalue weighted by Gasteiger charge is -2.31. The van der Waals surface area contributed by atoms with Crippen molar-refractivity contribution in [2.45, 2.75) is 38.0 Å². The number of carbonyl (C=O) groups is 1. The third-order valence-corrected chi connectivity index (χ3v) is 5.91. The summed E-state index contributed by atoms with van der Waals surface area (Å²) < 4.78 is 47.3. The third-order valence-electron chi connectivity index (χ3n) is 4.30. The molecule has 8 heteroatoms. The van der Waals surface area contributed by atoms with Crippen LogP contribution in [0.3, 0.4) is 0 Å². The molecule has 2 aromatic rings. The molecule has 2 N–H and O–H groups in total. The van der Waals surface area contributed by atoms with Crippen LogP contribution >= 0.6 is 0 Å². The number of ether oxygens (including phenoxy) is 1. The average Bonchev–Trinajstić information content (AvgIpc) is 2.63. The fourth-order valence-electron chi connectivity index (χ4n) is 2.80. The molecule has 1 aliphatic heterocycles. The van der Waals surface area contributed by atoms with E-state index in [9.17, 15) is 18.1 Å². The summed E-state index contributed by atoms with van der Waals surface area (Å²) in [5.74, 6) is -2.13. The second-order valence-corrected chi connectivity index (χ2v) is 9.49. The smallest absolute Gasteiger partial charge is 0.259 e. The van der Waals surface area contributed by atoms with Crippen LogP contribution in [0.4, 0.5) is 14.5 Å². The molecule has 5 nitrogen and oxygen atoms in total. The van der Waals surface area contributed by atoms with Crippen LogP contribution in [0.25, 0.3) is 0 Å². The van der Waals surface area contributed by atoms with Gasteiger partial charge in [0.25, 0.3) is 5.91 Å². The maximum Gasteiger partial charge on any atom is 0.259 e. The lowest BCUT2D eigenvalue weighted by Crippen LogP contribution is -2.42. The maximum absolute atomic E-state index is 13.4. The number of hydrogen-bond acceptors (Lipinski definition) is 4. The highest BCUT2D eigenvalue weighted by Gasteiger charge is 2.33. The standard InChI is InChI=1S/C20H22F2N2O3S/c1-20(2,3)28(26)24-17-9-10-27-18-13(17)5-4-6-14(18)19(25)23-12-7-8-15(21)16(22)11-12/h4-8,11,17,24H,9-10H2,1-3H3,(H,23,25)/t17?,28-/m0/s1. The second-order valence-electron chi connectivity index (χ2n) is 7.50. The summed E-state index contributed by atoms with van der Waals surface area (Å²) in [4.78, 5) is 12.7. The van der Waals surface area contributed by atoms with Crippen molar-refractivity contribution in [1.82, 2.24) is 4.72 Å². The van der Waals surface area contributed by atoms with Gasteiger partial charge in [-0.2, -0.15) is 0 Å². The second kappa shape index (κ2) is 8.06. The monoisotopic (exact) mass is 408 g/mol. The number of hydrogen-bond donors (Lipinski definition) is 2. The van der Waals surface area contributed by atoms with Gasteiger partial charge in [0.15, 0.2) is 11.6 Å². The van der Waals surface area contributed by atoms with Crippen molar-refractivity contribution < 1.29 is 22.9 Å². The van der Waals surface area contributed by atoms with Crippen molar-refractivity contribution in [3.05, 3.63) is 59.2 Å². The van der Waals surface area contributed by atoms with E-state index < -0.39 is 33.7 Å². The number of amides is 1. The molecule has 150 valence electrons. The molecule has 0 radical (unpaired) electrons. The van der Waals surface area contributed by atoms with E-state index in [1.54, 1.807) is 12.1 Å². The Hall–Kier alpha value is -2.16. The molecule has 0 bridgehead atoms. The molecule has 2 aromatic carbocycles. The van der Waals surface area contributed by atoms with Crippen molar-refractivity contribution in [1.29, 1.82) is 0 Å². The number of nitrogens with one attached hydrogen (secondary N) is 2. The Bertz CT molecular complexity index is 886. The molecule has 0 fully saturated rings. The van der Waals surface area contributed by atoms with Gasteiger partial charge in [-0.3, -0.25) is 4.79 Å². The molecule has 0 saturated heterocycles. The first-order valence-electron chi connectivity index (χ1n) is 8.87. The lowest BCUT2D eigenvalue weighted by molar-refractivity contribution is 0.102. The minimum Gasteiger partial charge on any atom is -0.598 e. The van der Waals surface area contributed by atoms with E-state index in [1.165, 1.54) is 6.07 Å². The van der Waals surface area contributed by atoms with E-state index in [-0.39, 0.29) is 17.3 Å². The number of fused-ring (bicyclic) bond motifs is 1. The first-order chi connectivity index (χ1) is 13.2. The number of benzene rings is 2. The van der Waals surface area contributed by atoms with E-state index in [4.69, 9.17) is 4.74 Å². The summed E-state index contributed by atoms with van der Waals surface area (Å²) in [7, 11) is 0. The first-order valence-corrected chi connectivity index (χ1v) is 10.0. The molecule has 1 heterocycles. The number of para-hydroxylation sites is 1. The molecule has 1 aliphatic rings. The fourth-order valence-corrected chi connectivity index (χ4v) is 3.66. The number of halogens is 2. The highest BCUT2D eigenvalue weighted by atomic mass is 32.2. The highest BCUT2D eigenvalue weighted by molar-refractivity contribution is 7.90. The normalized spacial score (nSPS) is 17.4. The number of rotatable bonds is 4. The minimum absolute atomic E-state index is 0.140. The van der Waals surface area contributed by atoms with E-state index in [0.717, 1.165) is 17.7 Å². The predicted octanol–water partition coefficient (Wildman–Crippen LogP) is 4.09. The van der Waals surface area contributed by atoms with Crippen molar-refractivity contribution in [3.63, 3.8) is 0 Å². The molecule has 0 aliphatic carbocycles. The van der Waals surface area contributed by atoms with Gasteiger partial charge < -0.3 is 14.6 Å². The summed E-state index contributed by atoms with van der Waals surface area (Å²) in [6.07, 6.45) is 0.614. The quantitative estimate of drug-likeness (QED) is 0.748. The summed E-state index contributed by atoms with van der Waals surface area (Å²) in [5.41, 5.74) is 1.15. The van der Waals surface area contributed by atoms with Crippen LogP contribution in [0.5, 0.6) is 5.75 Å². The van der Waals surface area contributed by atoms with E-state index >= 15 is 0 Å². The van der Waals surface area contributed by atoms with E-state index in [0.29, 0.717) is 18.8 Å². The zero-order valence-corrected chi connectivity index (χ0v) is 16.7. The third kappa shape index (κ3) is 4.45. The number of carbonyl (C=O) groups excluding carboxylic acids is 1. The Kier molecular flexibility index (Phi) is 5.92. The molecule has 2 atom stereocenters. The van der Waals surface area contributed by atoms with Gasteiger partial charge >= 0.3 is 0 Å². The summed E-state index contributed by atoms with van der Waals surface area (Å²) >= 11 is -1.28. The van der Waals surface area contributed by atoms with Gasteiger partial charge in [0, 0.05) is 35.1 Å². The van der Waals surface area contributed by atoms with Crippen LogP contribution in [0.15, 0.2) is 36.4 Å². The predicted molar refractivity (Wildman–Crippen MR) is 105 cm³/mol. The van der Waals surface area contributed by atoms with E-state index in [2.05, 4.69) is 10.0 Å². The van der Waals surface area contributed by atoms with Gasteiger partial charge in [-0.05, 0) is 39.0 Å². The van der Waals surface area contributed by atoms with Crippen LogP contribution < -0.4 is 14.8 Å². The molecule has 1 amide bonds. The van der Waals surface area contributed by atoms with Gasteiger partial charge in [0.1, 0.15) is 10.5 Å². The van der Waals surface area contributed by atoms with Crippen LogP contribution in [-0.2, 0) is 11.4 Å². The Balaban J connectivity index is 1.85. The van der Waals surface area contributed by atoms with Crippen molar-refractivity contribution in [2.75, 3.05) is 11.9 Å². The zero-order valence-electron chi connectivity index (χ0n) is 15.8. The van der Waals surface area contributed by atoms with Crippen molar-refractivity contribution >= 4 is 23.0 Å². The summed E-state index contributed by atoms with van der Waals surface area (Å²) in [6, 6.07) is 8.05. The Morgan fingerprint density at radius 3 is 2.64 bits per heavy atom. The fraction of sp³-hybridized carbons (Fsp3) is 0.350. The molecule has 1 unspecified atom stereocenters. The Morgan fingerprint density at radius 1 is 1.21 bits per heavy atom. The zero-order chi connectivity index (χ0) is 20.5. The number of anilines is 1. The average molecular weight is 408 g/mol. The molecule has 0 saturated carbocycles. The minimum atomic E-state index is -1.28. The molecular weight excluding hydrogens is 386 g/mol. The lowest BCUT2D eigenvalue weighted by atomic mass is 9.98. The van der Waals surface area contributed by atoms with Gasteiger partial charge in [0.2, 0.25) is 0 Å². The maximum atomic E-state index is 13.4. The van der Waals surface area contributed by atoms with Gasteiger partial charge in [-0.1, -0.05) is 12.1 Å². The largest absolute Gasteiger partial charge is 0.598 e. The van der Waals surface area contributed by atoms with E-state index in [1.807, 2.05) is 26.8 Å². The Morgan fingerprint density at radius 2 is 1.96 bits per heavy atom. The van der Waals surface area contributed by atoms with Gasteiger partial charge in [-0.15, -0.1) is 4.72 Å². The summed E-state index contributed by atoms with van der Waals surface area (Å²) in [6.45, 7) is 5.99. The molecule has 3 rings (SSSR count). The highest BCUT2D eigenvalue weighted by Crippen LogP contribution is 2.36. The Labute approximate surface area is 165 Å². The molecule has 0 aromatic heterocycles. The molecule has 0 spiro atoms.